The molecule has 0 radical (unpaired) electrons. The van der Waals surface area contributed by atoms with Crippen LogP contribution in [0.1, 0.15) is 58.4 Å². The third-order valence-electron chi connectivity index (χ3n) is 9.48. The number of alkyl halides is 1. The molecule has 0 aliphatic carbocycles. The molecule has 3 heterocycles. The minimum Gasteiger partial charge on any atom is -0.460 e. The van der Waals surface area contributed by atoms with E-state index in [4.69, 9.17) is 9.47 Å². The van der Waals surface area contributed by atoms with Crippen molar-refractivity contribution in [1.82, 2.24) is 15.1 Å². The maximum absolute atomic E-state index is 14.7. The number of fused-ring (bicyclic) bond motifs is 1. The molecule has 2 N–H and O–H groups in total. The van der Waals surface area contributed by atoms with Gasteiger partial charge in [0, 0.05) is 23.8 Å². The summed E-state index contributed by atoms with van der Waals surface area (Å²) >= 11 is 3.70. The fourth-order valence-corrected chi connectivity index (χ4v) is 8.34. The van der Waals surface area contributed by atoms with Crippen molar-refractivity contribution in [3.05, 3.63) is 61.2 Å². The van der Waals surface area contributed by atoms with Crippen molar-refractivity contribution >= 4 is 39.6 Å². The SMILES string of the molecule is C=CCCC(=O)NC[C@H](C)OC(=O)[C@H]1[C@@H]2O[C@@]3(CC2Br)[C@@H]1C(=O)N([C@@H](CO)Cc1ccccc1)[C@@H]3C(=O)N(CC=C)C(C)CCC. The zero-order valence-corrected chi connectivity index (χ0v) is 28.7. The maximum Gasteiger partial charge on any atom is 0.312 e. The Hall–Kier alpha value is -3.02. The van der Waals surface area contributed by atoms with Gasteiger partial charge in [0.2, 0.25) is 17.7 Å². The third-order valence-corrected chi connectivity index (χ3v) is 10.3. The molecule has 1 aromatic carbocycles. The Kier molecular flexibility index (Phi) is 12.2. The van der Waals surface area contributed by atoms with Gasteiger partial charge in [-0.1, -0.05) is 71.8 Å². The van der Waals surface area contributed by atoms with Crippen LogP contribution in [0, 0.1) is 11.8 Å². The number of esters is 1. The van der Waals surface area contributed by atoms with Gasteiger partial charge in [-0.3, -0.25) is 19.2 Å². The number of halogens is 1. The standard InChI is InChI=1S/C35H48BrN3O7/c1-6-9-16-27(41)37-20-23(5)45-34(44)28-29-32(42)39(25(21-40)18-24-14-11-10-12-15-24)31(35(29)19-26(36)30(28)46-35)33(43)38(17-8-3)22(4)13-7-2/h6,8,10-12,14-15,22-23,25-26,28-31,40H,1,3,7,9,13,16-21H2,2,4-5H3,(H,37,41)/t22?,23-,25+,26?,28+,29-,30+,31+,35-/m0/s1. The lowest BCUT2D eigenvalue weighted by Gasteiger charge is -2.41. The molecule has 10 nitrogen and oxygen atoms in total. The second-order valence-corrected chi connectivity index (χ2v) is 13.9. The Labute approximate surface area is 280 Å². The van der Waals surface area contributed by atoms with Gasteiger partial charge >= 0.3 is 5.97 Å². The minimum absolute atomic E-state index is 0.115. The number of carbonyl (C=O) groups excluding carboxylic acids is 4. The first-order valence-electron chi connectivity index (χ1n) is 16.3. The van der Waals surface area contributed by atoms with Gasteiger partial charge in [0.15, 0.2) is 0 Å². The molecule has 2 unspecified atom stereocenters. The van der Waals surface area contributed by atoms with Gasteiger partial charge in [0.1, 0.15) is 17.7 Å². The summed E-state index contributed by atoms with van der Waals surface area (Å²) in [5.41, 5.74) is -0.394. The number of benzene rings is 1. The average Bonchev–Trinajstić information content (AvgIpc) is 3.63. The fraction of sp³-hybridized carbons (Fsp3) is 0.600. The van der Waals surface area contributed by atoms with E-state index in [1.54, 1.807) is 24.0 Å². The highest BCUT2D eigenvalue weighted by molar-refractivity contribution is 9.09. The molecule has 3 amide bonds. The lowest BCUT2D eigenvalue weighted by atomic mass is 9.70. The van der Waals surface area contributed by atoms with Crippen molar-refractivity contribution in [1.29, 1.82) is 0 Å². The molecule has 252 valence electrons. The van der Waals surface area contributed by atoms with Crippen LogP contribution >= 0.6 is 15.9 Å². The number of carbonyl (C=O) groups is 4. The fourth-order valence-electron chi connectivity index (χ4n) is 7.40. The number of nitrogens with zero attached hydrogens (tertiary/aromatic N) is 2. The van der Waals surface area contributed by atoms with E-state index in [9.17, 15) is 24.3 Å². The zero-order chi connectivity index (χ0) is 33.6. The van der Waals surface area contributed by atoms with Crippen molar-refractivity contribution in [2.45, 2.75) is 100 Å². The Morgan fingerprint density at radius 2 is 1.96 bits per heavy atom. The van der Waals surface area contributed by atoms with Crippen LogP contribution < -0.4 is 5.32 Å². The van der Waals surface area contributed by atoms with Crippen LogP contribution in [0.15, 0.2) is 55.6 Å². The number of hydrogen-bond acceptors (Lipinski definition) is 7. The number of aliphatic hydroxyl groups is 1. The normalized spacial score (nSPS) is 28.2. The quantitative estimate of drug-likeness (QED) is 0.145. The monoisotopic (exact) mass is 701 g/mol. The number of allylic oxidation sites excluding steroid dienone is 1. The van der Waals surface area contributed by atoms with E-state index in [-0.39, 0.29) is 48.8 Å². The van der Waals surface area contributed by atoms with Crippen molar-refractivity contribution < 1.29 is 33.8 Å². The molecule has 0 aromatic heterocycles. The van der Waals surface area contributed by atoms with Crippen LogP contribution in [0.2, 0.25) is 0 Å². The van der Waals surface area contributed by atoms with Gasteiger partial charge in [0.25, 0.3) is 0 Å². The van der Waals surface area contributed by atoms with E-state index in [1.807, 2.05) is 37.3 Å². The smallest absolute Gasteiger partial charge is 0.312 e. The van der Waals surface area contributed by atoms with Crippen LogP contribution in [0.5, 0.6) is 0 Å². The predicted octanol–water partition coefficient (Wildman–Crippen LogP) is 3.56. The van der Waals surface area contributed by atoms with Crippen molar-refractivity contribution in [3.63, 3.8) is 0 Å². The van der Waals surface area contributed by atoms with Gasteiger partial charge in [-0.25, -0.2) is 0 Å². The highest BCUT2D eigenvalue weighted by Gasteiger charge is 2.77. The molecule has 4 rings (SSSR count). The van der Waals surface area contributed by atoms with Crippen molar-refractivity contribution in [3.8, 4) is 0 Å². The first-order chi connectivity index (χ1) is 22.0. The minimum atomic E-state index is -1.30. The number of ether oxygens (including phenoxy) is 2. The van der Waals surface area contributed by atoms with Gasteiger partial charge in [-0.05, 0) is 45.1 Å². The average molecular weight is 703 g/mol. The number of likely N-dealkylation sites (tertiary alicyclic amines) is 1. The summed E-state index contributed by atoms with van der Waals surface area (Å²) in [6.07, 6.45) is 5.09. The number of hydrogen-bond donors (Lipinski definition) is 2. The van der Waals surface area contributed by atoms with E-state index in [1.165, 1.54) is 4.90 Å². The molecule has 3 aliphatic heterocycles. The second-order valence-electron chi connectivity index (χ2n) is 12.7. The van der Waals surface area contributed by atoms with Gasteiger partial charge in [0.05, 0.1) is 37.1 Å². The highest BCUT2D eigenvalue weighted by Crippen LogP contribution is 2.61. The van der Waals surface area contributed by atoms with E-state index in [0.29, 0.717) is 19.3 Å². The molecular formula is C35H48BrN3O7. The summed E-state index contributed by atoms with van der Waals surface area (Å²) < 4.78 is 12.5. The molecule has 2 bridgehead atoms. The van der Waals surface area contributed by atoms with Crippen LogP contribution in [0.4, 0.5) is 0 Å². The topological polar surface area (TPSA) is 125 Å². The summed E-state index contributed by atoms with van der Waals surface area (Å²) in [5.74, 6) is -3.41. The Morgan fingerprint density at radius 3 is 2.59 bits per heavy atom. The number of rotatable bonds is 17. The van der Waals surface area contributed by atoms with Gasteiger partial charge in [-0.15, -0.1) is 13.2 Å². The van der Waals surface area contributed by atoms with Crippen LogP contribution in [-0.2, 0) is 35.1 Å². The molecule has 1 aromatic rings. The molecule has 11 heteroatoms. The Morgan fingerprint density at radius 1 is 1.24 bits per heavy atom. The van der Waals surface area contributed by atoms with Gasteiger partial charge < -0.3 is 29.7 Å². The maximum atomic E-state index is 14.7. The molecule has 1 spiro atoms. The van der Waals surface area contributed by atoms with Crippen LogP contribution in [0.25, 0.3) is 0 Å². The number of aliphatic hydroxyl groups excluding tert-OH is 1. The van der Waals surface area contributed by atoms with Crippen molar-refractivity contribution in [2.24, 2.45) is 11.8 Å². The van der Waals surface area contributed by atoms with Crippen molar-refractivity contribution in [2.75, 3.05) is 19.7 Å². The molecule has 46 heavy (non-hydrogen) atoms. The lowest BCUT2D eigenvalue weighted by Crippen LogP contribution is -2.60. The second kappa shape index (κ2) is 15.7. The van der Waals surface area contributed by atoms with Crippen LogP contribution in [-0.4, -0.2) is 99.1 Å². The molecule has 0 saturated carbocycles. The largest absolute Gasteiger partial charge is 0.460 e. The van der Waals surface area contributed by atoms with Crippen LogP contribution in [0.3, 0.4) is 0 Å². The van der Waals surface area contributed by atoms with E-state index >= 15 is 0 Å². The first kappa shape index (κ1) is 35.8. The molecule has 3 saturated heterocycles. The molecule has 9 atom stereocenters. The Balaban J connectivity index is 1.69. The van der Waals surface area contributed by atoms with E-state index in [2.05, 4.69) is 41.3 Å². The summed E-state index contributed by atoms with van der Waals surface area (Å²) in [6.45, 7) is 13.2. The first-order valence-corrected chi connectivity index (χ1v) is 17.2. The summed E-state index contributed by atoms with van der Waals surface area (Å²) in [5, 5.41) is 13.5. The molecule has 3 fully saturated rings. The third kappa shape index (κ3) is 7.11. The lowest BCUT2D eigenvalue weighted by molar-refractivity contribution is -0.160. The van der Waals surface area contributed by atoms with E-state index < -0.39 is 53.6 Å². The predicted molar refractivity (Wildman–Crippen MR) is 178 cm³/mol. The number of nitrogens with one attached hydrogen (secondary N) is 1. The molecular weight excluding hydrogens is 654 g/mol. The zero-order valence-electron chi connectivity index (χ0n) is 27.1. The number of amides is 3. The molecule has 3 aliphatic rings. The highest BCUT2D eigenvalue weighted by atomic mass is 79.9. The van der Waals surface area contributed by atoms with E-state index in [0.717, 1.165) is 18.4 Å². The summed E-state index contributed by atoms with van der Waals surface area (Å²) in [6, 6.07) is 7.58. The van der Waals surface area contributed by atoms with Gasteiger partial charge in [-0.2, -0.15) is 0 Å². The summed E-state index contributed by atoms with van der Waals surface area (Å²) in [4.78, 5) is 58.3. The Bertz CT molecular complexity index is 1280. The summed E-state index contributed by atoms with van der Waals surface area (Å²) in [7, 11) is 0.